The first kappa shape index (κ1) is 17.3. The lowest BCUT2D eigenvalue weighted by atomic mass is 9.96. The maximum atomic E-state index is 12.1. The molecule has 1 amide bonds. The molecule has 130 valence electrons. The van der Waals surface area contributed by atoms with Crippen molar-refractivity contribution in [2.75, 3.05) is 38.3 Å². The van der Waals surface area contributed by atoms with Crippen molar-refractivity contribution in [1.82, 2.24) is 15.3 Å². The number of carbonyl (C=O) groups excluding carboxylic acids is 1. The summed E-state index contributed by atoms with van der Waals surface area (Å²) in [5.41, 5.74) is 1.65. The van der Waals surface area contributed by atoms with Crippen molar-refractivity contribution in [3.05, 3.63) is 22.2 Å². The zero-order valence-corrected chi connectivity index (χ0v) is 15.0. The van der Waals surface area contributed by atoms with Crippen LogP contribution < -0.4 is 10.2 Å². The summed E-state index contributed by atoms with van der Waals surface area (Å²) in [5, 5.41) is 3.91. The topological polar surface area (TPSA) is 70.2 Å². The van der Waals surface area contributed by atoms with Crippen molar-refractivity contribution in [1.29, 1.82) is 0 Å². The van der Waals surface area contributed by atoms with E-state index in [1.165, 1.54) is 0 Å². The number of hydrogen-bond donors (Lipinski definition) is 2. The van der Waals surface area contributed by atoms with Gasteiger partial charge in [0, 0.05) is 32.7 Å². The highest BCUT2D eigenvalue weighted by atomic mass is 35.5. The van der Waals surface area contributed by atoms with Gasteiger partial charge in [-0.1, -0.05) is 23.2 Å². The van der Waals surface area contributed by atoms with Crippen LogP contribution >= 0.6 is 23.2 Å². The molecule has 24 heavy (non-hydrogen) atoms. The number of nitrogens with zero attached hydrogens (tertiary/aromatic N) is 2. The number of H-pyrrole nitrogens is 1. The number of methoxy groups -OCH3 is 1. The number of hydrogen-bond acceptors (Lipinski definition) is 4. The Balaban J connectivity index is 1.61. The van der Waals surface area contributed by atoms with Crippen LogP contribution in [0.25, 0.3) is 11.0 Å². The van der Waals surface area contributed by atoms with E-state index in [-0.39, 0.29) is 11.8 Å². The molecule has 0 radical (unpaired) electrons. The van der Waals surface area contributed by atoms with Crippen LogP contribution in [0.5, 0.6) is 0 Å². The number of rotatable bonds is 5. The third-order valence-electron chi connectivity index (χ3n) is 4.28. The number of amides is 1. The van der Waals surface area contributed by atoms with E-state index in [9.17, 15) is 4.79 Å². The van der Waals surface area contributed by atoms with Gasteiger partial charge in [0.1, 0.15) is 0 Å². The molecule has 1 aromatic carbocycles. The molecule has 3 rings (SSSR count). The van der Waals surface area contributed by atoms with Crippen molar-refractivity contribution < 1.29 is 9.53 Å². The molecule has 0 spiro atoms. The third-order valence-corrected chi connectivity index (χ3v) is 5.00. The first-order valence-electron chi connectivity index (χ1n) is 7.95. The lowest BCUT2D eigenvalue weighted by Crippen LogP contribution is -2.41. The van der Waals surface area contributed by atoms with E-state index in [4.69, 9.17) is 27.9 Å². The number of piperidine rings is 1. The summed E-state index contributed by atoms with van der Waals surface area (Å²) in [5.74, 6) is 0.947. The van der Waals surface area contributed by atoms with Gasteiger partial charge in [0.2, 0.25) is 11.9 Å². The smallest absolute Gasteiger partial charge is 0.223 e. The number of nitrogens with one attached hydrogen (secondary N) is 2. The summed E-state index contributed by atoms with van der Waals surface area (Å²) >= 11 is 12.1. The van der Waals surface area contributed by atoms with Crippen LogP contribution in [0.4, 0.5) is 5.95 Å². The molecule has 2 heterocycles. The fourth-order valence-electron chi connectivity index (χ4n) is 2.92. The molecule has 1 fully saturated rings. The Labute approximate surface area is 150 Å². The monoisotopic (exact) mass is 370 g/mol. The van der Waals surface area contributed by atoms with Gasteiger partial charge in [0.25, 0.3) is 0 Å². The molecular weight excluding hydrogens is 351 g/mol. The predicted octanol–water partition coefficient (Wildman–Crippen LogP) is 2.85. The molecule has 0 unspecified atom stereocenters. The maximum absolute atomic E-state index is 12.1. The SMILES string of the molecule is COCCNC(=O)C1CCN(c2nc3cc(Cl)c(Cl)cc3[nH]2)CC1. The van der Waals surface area contributed by atoms with Gasteiger partial charge < -0.3 is 19.9 Å². The molecular formula is C16H20Cl2N4O2. The molecule has 0 bridgehead atoms. The van der Waals surface area contributed by atoms with Crippen LogP contribution in [0.2, 0.25) is 10.0 Å². The van der Waals surface area contributed by atoms with E-state index < -0.39 is 0 Å². The quantitative estimate of drug-likeness (QED) is 0.793. The molecule has 0 saturated carbocycles. The first-order valence-corrected chi connectivity index (χ1v) is 8.70. The number of ether oxygens (including phenoxy) is 1. The van der Waals surface area contributed by atoms with Gasteiger partial charge >= 0.3 is 0 Å². The van der Waals surface area contributed by atoms with Gasteiger partial charge in [-0.15, -0.1) is 0 Å². The highest BCUT2D eigenvalue weighted by Gasteiger charge is 2.26. The number of halogens is 2. The van der Waals surface area contributed by atoms with Crippen molar-refractivity contribution in [2.24, 2.45) is 5.92 Å². The minimum Gasteiger partial charge on any atom is -0.383 e. The lowest BCUT2D eigenvalue weighted by Gasteiger charge is -2.31. The number of benzene rings is 1. The van der Waals surface area contributed by atoms with Crippen LogP contribution in [0.3, 0.4) is 0 Å². The molecule has 6 nitrogen and oxygen atoms in total. The van der Waals surface area contributed by atoms with E-state index in [0.717, 1.165) is 42.9 Å². The van der Waals surface area contributed by atoms with Crippen LogP contribution in [0, 0.1) is 5.92 Å². The third kappa shape index (κ3) is 3.77. The number of anilines is 1. The Morgan fingerprint density at radius 1 is 1.38 bits per heavy atom. The largest absolute Gasteiger partial charge is 0.383 e. The van der Waals surface area contributed by atoms with Gasteiger partial charge in [-0.3, -0.25) is 4.79 Å². The van der Waals surface area contributed by atoms with Crippen LogP contribution in [-0.4, -0.2) is 49.2 Å². The maximum Gasteiger partial charge on any atom is 0.223 e. The summed E-state index contributed by atoms with van der Waals surface area (Å²) in [7, 11) is 1.62. The molecule has 8 heteroatoms. The van der Waals surface area contributed by atoms with Gasteiger partial charge in [-0.2, -0.15) is 0 Å². The molecule has 1 aliphatic rings. The highest BCUT2D eigenvalue weighted by molar-refractivity contribution is 6.42. The summed E-state index contributed by atoms with van der Waals surface area (Å²) < 4.78 is 4.95. The second-order valence-electron chi connectivity index (χ2n) is 5.89. The van der Waals surface area contributed by atoms with Crippen molar-refractivity contribution >= 4 is 46.1 Å². The highest BCUT2D eigenvalue weighted by Crippen LogP contribution is 2.29. The Hall–Kier alpha value is -1.50. The van der Waals surface area contributed by atoms with E-state index in [1.54, 1.807) is 19.2 Å². The fraction of sp³-hybridized carbons (Fsp3) is 0.500. The van der Waals surface area contributed by atoms with Crippen molar-refractivity contribution in [3.8, 4) is 0 Å². The molecule has 1 aliphatic heterocycles. The minimum absolute atomic E-state index is 0.0476. The number of aromatic nitrogens is 2. The molecule has 0 atom stereocenters. The molecule has 2 aromatic rings. The summed E-state index contributed by atoms with van der Waals surface area (Å²) in [4.78, 5) is 22.1. The van der Waals surface area contributed by atoms with E-state index >= 15 is 0 Å². The van der Waals surface area contributed by atoms with Gasteiger partial charge in [-0.05, 0) is 25.0 Å². The number of aromatic amines is 1. The predicted molar refractivity (Wildman–Crippen MR) is 95.9 cm³/mol. The standard InChI is InChI=1S/C16H20Cl2N4O2/c1-24-7-4-19-15(23)10-2-5-22(6-3-10)16-20-13-8-11(17)12(18)9-14(13)21-16/h8-10H,2-7H2,1H3,(H,19,23)(H,20,21). The Bertz CT molecular complexity index is 687. The second kappa shape index (κ2) is 7.59. The van der Waals surface area contributed by atoms with Crippen LogP contribution in [-0.2, 0) is 9.53 Å². The van der Waals surface area contributed by atoms with Gasteiger partial charge in [-0.25, -0.2) is 4.98 Å². The van der Waals surface area contributed by atoms with Crippen molar-refractivity contribution in [2.45, 2.75) is 12.8 Å². The molecule has 1 saturated heterocycles. The number of imidazole rings is 1. The average Bonchev–Trinajstić information content (AvgIpc) is 2.98. The molecule has 2 N–H and O–H groups in total. The Morgan fingerprint density at radius 2 is 2.08 bits per heavy atom. The normalized spacial score (nSPS) is 15.9. The molecule has 1 aromatic heterocycles. The van der Waals surface area contributed by atoms with Crippen LogP contribution in [0.1, 0.15) is 12.8 Å². The summed E-state index contributed by atoms with van der Waals surface area (Å²) in [6, 6.07) is 3.54. The first-order chi connectivity index (χ1) is 11.6. The Kier molecular flexibility index (Phi) is 5.48. The summed E-state index contributed by atoms with van der Waals surface area (Å²) in [6.07, 6.45) is 1.61. The van der Waals surface area contributed by atoms with E-state index in [2.05, 4.69) is 20.2 Å². The van der Waals surface area contributed by atoms with E-state index in [0.29, 0.717) is 23.2 Å². The molecule has 0 aliphatic carbocycles. The number of carbonyl (C=O) groups is 1. The van der Waals surface area contributed by atoms with E-state index in [1.807, 2.05) is 0 Å². The minimum atomic E-state index is 0.0476. The summed E-state index contributed by atoms with van der Waals surface area (Å²) in [6.45, 7) is 2.66. The average molecular weight is 371 g/mol. The van der Waals surface area contributed by atoms with Gasteiger partial charge in [0.15, 0.2) is 0 Å². The number of fused-ring (bicyclic) bond motifs is 1. The second-order valence-corrected chi connectivity index (χ2v) is 6.70. The fourth-order valence-corrected chi connectivity index (χ4v) is 3.24. The van der Waals surface area contributed by atoms with Crippen LogP contribution in [0.15, 0.2) is 12.1 Å². The van der Waals surface area contributed by atoms with Crippen molar-refractivity contribution in [3.63, 3.8) is 0 Å². The lowest BCUT2D eigenvalue weighted by molar-refractivity contribution is -0.125. The zero-order valence-electron chi connectivity index (χ0n) is 13.4. The zero-order chi connectivity index (χ0) is 17.1. The Morgan fingerprint density at radius 3 is 2.79 bits per heavy atom. The van der Waals surface area contributed by atoms with Gasteiger partial charge in [0.05, 0.1) is 27.7 Å².